The van der Waals surface area contributed by atoms with Crippen LogP contribution in [-0.4, -0.2) is 28.9 Å². The number of nitro benzene ring substituents is 1. The van der Waals surface area contributed by atoms with Gasteiger partial charge in [0.05, 0.1) is 15.6 Å². The molecule has 0 spiro atoms. The van der Waals surface area contributed by atoms with E-state index in [0.717, 1.165) is 24.5 Å². The minimum Gasteiger partial charge on any atom is -0.380 e. The number of carbonyl (C=O) groups excluding carboxylic acids is 1. The van der Waals surface area contributed by atoms with Crippen molar-refractivity contribution < 1.29 is 9.72 Å². The summed E-state index contributed by atoms with van der Waals surface area (Å²) in [6.45, 7) is 1.91. The van der Waals surface area contributed by atoms with Gasteiger partial charge in [-0.1, -0.05) is 17.7 Å². The summed E-state index contributed by atoms with van der Waals surface area (Å²) < 4.78 is 0. The lowest BCUT2D eigenvalue weighted by Crippen LogP contribution is -2.39. The Morgan fingerprint density at radius 2 is 2.11 bits per heavy atom. The number of nitrogens with one attached hydrogen (secondary N) is 1. The van der Waals surface area contributed by atoms with Gasteiger partial charge in [0, 0.05) is 49.4 Å². The number of primary amides is 1. The number of hydrogen-bond donors (Lipinski definition) is 2. The van der Waals surface area contributed by atoms with Crippen LogP contribution in [0.2, 0.25) is 5.02 Å². The number of halogens is 1. The van der Waals surface area contributed by atoms with Crippen LogP contribution in [0, 0.1) is 16.0 Å². The molecule has 9 heteroatoms. The Bertz CT molecular complexity index is 853. The van der Waals surface area contributed by atoms with E-state index < -0.39 is 4.92 Å². The summed E-state index contributed by atoms with van der Waals surface area (Å²) in [5.41, 5.74) is 6.94. The maximum Gasteiger partial charge on any atom is 0.271 e. The third-order valence-corrected chi connectivity index (χ3v) is 5.01. The number of pyridine rings is 1. The molecule has 2 aromatic rings. The number of nitro groups is 1. The van der Waals surface area contributed by atoms with Gasteiger partial charge in [-0.2, -0.15) is 0 Å². The average Bonchev–Trinajstić information content (AvgIpc) is 2.67. The fourth-order valence-corrected chi connectivity index (χ4v) is 3.42. The highest BCUT2D eigenvalue weighted by atomic mass is 35.5. The monoisotopic (exact) mass is 389 g/mol. The Balaban J connectivity index is 1.70. The lowest BCUT2D eigenvalue weighted by molar-refractivity contribution is -0.384. The molecule has 1 aromatic carbocycles. The van der Waals surface area contributed by atoms with E-state index in [2.05, 4.69) is 15.2 Å². The van der Waals surface area contributed by atoms with E-state index >= 15 is 0 Å². The van der Waals surface area contributed by atoms with Gasteiger partial charge in [0.2, 0.25) is 5.91 Å². The lowest BCUT2D eigenvalue weighted by Gasteiger charge is -2.32. The van der Waals surface area contributed by atoms with E-state index in [4.69, 9.17) is 17.3 Å². The van der Waals surface area contributed by atoms with Gasteiger partial charge in [-0.25, -0.2) is 4.98 Å². The van der Waals surface area contributed by atoms with Crippen LogP contribution in [0.1, 0.15) is 18.4 Å². The molecular formula is C18H20ClN5O3. The van der Waals surface area contributed by atoms with E-state index in [1.165, 1.54) is 12.1 Å². The number of non-ortho nitro benzene ring substituents is 1. The standard InChI is InChI=1S/C18H20ClN5O3/c19-15-10-14(24(26)27)3-4-16(15)22-11-13-2-1-7-21-18(13)23-8-5-12(6-9-23)17(20)25/h1-4,7,10,12,22H,5-6,8-9,11H2,(H2,20,25). The van der Waals surface area contributed by atoms with Crippen molar-refractivity contribution >= 4 is 34.7 Å². The van der Waals surface area contributed by atoms with Gasteiger partial charge in [0.1, 0.15) is 5.82 Å². The molecule has 1 aliphatic rings. The molecule has 27 heavy (non-hydrogen) atoms. The van der Waals surface area contributed by atoms with Crippen LogP contribution in [0.5, 0.6) is 0 Å². The number of carbonyl (C=O) groups is 1. The van der Waals surface area contributed by atoms with Gasteiger partial charge in [-0.05, 0) is 25.0 Å². The maximum atomic E-state index is 11.3. The third kappa shape index (κ3) is 4.46. The van der Waals surface area contributed by atoms with Crippen LogP contribution in [-0.2, 0) is 11.3 Å². The minimum atomic E-state index is -0.482. The first-order valence-electron chi connectivity index (χ1n) is 8.61. The van der Waals surface area contributed by atoms with Gasteiger partial charge >= 0.3 is 0 Å². The molecular weight excluding hydrogens is 370 g/mol. The zero-order valence-electron chi connectivity index (χ0n) is 14.6. The zero-order valence-corrected chi connectivity index (χ0v) is 15.4. The van der Waals surface area contributed by atoms with E-state index in [0.29, 0.717) is 25.1 Å². The summed E-state index contributed by atoms with van der Waals surface area (Å²) in [5.74, 6) is 0.529. The van der Waals surface area contributed by atoms with E-state index in [9.17, 15) is 14.9 Å². The Morgan fingerprint density at radius 1 is 1.37 bits per heavy atom. The summed E-state index contributed by atoms with van der Waals surface area (Å²) in [5, 5.41) is 14.3. The highest BCUT2D eigenvalue weighted by Crippen LogP contribution is 2.29. The second kappa shape index (κ2) is 8.22. The average molecular weight is 390 g/mol. The number of amides is 1. The quantitative estimate of drug-likeness (QED) is 0.579. The van der Waals surface area contributed by atoms with Crippen molar-refractivity contribution in [2.75, 3.05) is 23.3 Å². The molecule has 1 aromatic heterocycles. The highest BCUT2D eigenvalue weighted by molar-refractivity contribution is 6.33. The van der Waals surface area contributed by atoms with E-state index in [1.54, 1.807) is 12.3 Å². The van der Waals surface area contributed by atoms with Crippen LogP contribution >= 0.6 is 11.6 Å². The number of rotatable bonds is 6. The van der Waals surface area contributed by atoms with E-state index in [1.807, 2.05) is 12.1 Å². The smallest absolute Gasteiger partial charge is 0.271 e. The van der Waals surface area contributed by atoms with E-state index in [-0.39, 0.29) is 22.5 Å². The van der Waals surface area contributed by atoms with Crippen molar-refractivity contribution in [1.82, 2.24) is 4.98 Å². The Kier molecular flexibility index (Phi) is 5.75. The van der Waals surface area contributed by atoms with Crippen LogP contribution in [0.25, 0.3) is 0 Å². The summed E-state index contributed by atoms with van der Waals surface area (Å²) in [6.07, 6.45) is 3.16. The molecule has 1 aliphatic heterocycles. The van der Waals surface area contributed by atoms with Gasteiger partial charge < -0.3 is 16.0 Å². The topological polar surface area (TPSA) is 114 Å². The first-order chi connectivity index (χ1) is 13.0. The number of piperidine rings is 1. The molecule has 142 valence electrons. The van der Waals surface area contributed by atoms with Gasteiger partial charge in [0.25, 0.3) is 5.69 Å². The van der Waals surface area contributed by atoms with Crippen molar-refractivity contribution in [3.63, 3.8) is 0 Å². The molecule has 0 saturated carbocycles. The molecule has 0 radical (unpaired) electrons. The summed E-state index contributed by atoms with van der Waals surface area (Å²) in [4.78, 5) is 28.3. The molecule has 1 fully saturated rings. The maximum absolute atomic E-state index is 11.3. The minimum absolute atomic E-state index is 0.0510. The summed E-state index contributed by atoms with van der Waals surface area (Å²) >= 11 is 6.14. The molecule has 2 heterocycles. The van der Waals surface area contributed by atoms with Gasteiger partial charge in [0.15, 0.2) is 0 Å². The molecule has 0 atom stereocenters. The highest BCUT2D eigenvalue weighted by Gasteiger charge is 2.25. The Hall–Kier alpha value is -2.87. The zero-order chi connectivity index (χ0) is 19.4. The number of nitrogens with zero attached hydrogens (tertiary/aromatic N) is 3. The van der Waals surface area contributed by atoms with Crippen molar-refractivity contribution in [2.24, 2.45) is 11.7 Å². The van der Waals surface area contributed by atoms with Crippen LogP contribution in [0.3, 0.4) is 0 Å². The largest absolute Gasteiger partial charge is 0.380 e. The molecule has 3 rings (SSSR count). The molecule has 0 unspecified atom stereocenters. The van der Waals surface area contributed by atoms with Crippen molar-refractivity contribution in [2.45, 2.75) is 19.4 Å². The second-order valence-corrected chi connectivity index (χ2v) is 6.83. The lowest BCUT2D eigenvalue weighted by atomic mass is 9.96. The number of hydrogen-bond acceptors (Lipinski definition) is 6. The first kappa shape index (κ1) is 18.9. The number of aromatic nitrogens is 1. The third-order valence-electron chi connectivity index (χ3n) is 4.70. The molecule has 0 aliphatic carbocycles. The first-order valence-corrected chi connectivity index (χ1v) is 8.99. The SMILES string of the molecule is NC(=O)C1CCN(c2ncccc2CNc2ccc([N+](=O)[O-])cc2Cl)CC1. The van der Waals surface area contributed by atoms with Crippen molar-refractivity contribution in [3.05, 3.63) is 57.2 Å². The predicted octanol–water partition coefficient (Wildman–Crippen LogP) is 2.96. The van der Waals surface area contributed by atoms with Crippen molar-refractivity contribution in [3.8, 4) is 0 Å². The Morgan fingerprint density at radius 3 is 2.74 bits per heavy atom. The fraction of sp³-hybridized carbons (Fsp3) is 0.333. The molecule has 0 bridgehead atoms. The normalized spacial score (nSPS) is 14.8. The number of benzene rings is 1. The fourth-order valence-electron chi connectivity index (χ4n) is 3.18. The predicted molar refractivity (Wildman–Crippen MR) is 104 cm³/mol. The summed E-state index contributed by atoms with van der Waals surface area (Å²) in [7, 11) is 0. The second-order valence-electron chi connectivity index (χ2n) is 6.42. The summed E-state index contributed by atoms with van der Waals surface area (Å²) in [6, 6.07) is 8.15. The number of anilines is 2. The number of nitrogens with two attached hydrogens (primary N) is 1. The molecule has 3 N–H and O–H groups in total. The van der Waals surface area contributed by atoms with Crippen molar-refractivity contribution in [1.29, 1.82) is 0 Å². The molecule has 1 saturated heterocycles. The molecule has 8 nitrogen and oxygen atoms in total. The van der Waals surface area contributed by atoms with Crippen LogP contribution in [0.15, 0.2) is 36.5 Å². The van der Waals surface area contributed by atoms with Gasteiger partial charge in [-0.3, -0.25) is 14.9 Å². The van der Waals surface area contributed by atoms with Crippen LogP contribution in [0.4, 0.5) is 17.2 Å². The van der Waals surface area contributed by atoms with Crippen LogP contribution < -0.4 is 16.0 Å². The molecule has 1 amide bonds. The Labute approximate surface area is 161 Å². The van der Waals surface area contributed by atoms with Gasteiger partial charge in [-0.15, -0.1) is 0 Å².